The number of hydrogen-bond donors (Lipinski definition) is 2. The summed E-state index contributed by atoms with van der Waals surface area (Å²) in [6, 6.07) is 9.74. The van der Waals surface area contributed by atoms with Gasteiger partial charge in [0, 0.05) is 5.56 Å². The number of aromatic nitrogens is 2. The van der Waals surface area contributed by atoms with Crippen LogP contribution in [0.1, 0.15) is 5.56 Å². The Bertz CT molecular complexity index is 843. The van der Waals surface area contributed by atoms with Gasteiger partial charge in [-0.05, 0) is 35.4 Å². The largest absolute Gasteiger partial charge is 0.392 e. The lowest BCUT2D eigenvalue weighted by Gasteiger charge is -2.06. The smallest absolute Gasteiger partial charge is 0.258 e. The van der Waals surface area contributed by atoms with Crippen molar-refractivity contribution in [2.45, 2.75) is 6.61 Å². The number of aromatic amines is 1. The second-order valence-electron chi connectivity index (χ2n) is 4.43. The van der Waals surface area contributed by atoms with E-state index in [0.717, 1.165) is 11.1 Å². The Morgan fingerprint density at radius 1 is 1.15 bits per heavy atom. The average molecular weight is 270 g/mol. The van der Waals surface area contributed by atoms with Crippen LogP contribution in [0.2, 0.25) is 0 Å². The zero-order valence-electron chi connectivity index (χ0n) is 10.4. The Balaban J connectivity index is 2.19. The molecule has 20 heavy (non-hydrogen) atoms. The van der Waals surface area contributed by atoms with Gasteiger partial charge in [0.1, 0.15) is 5.82 Å². The van der Waals surface area contributed by atoms with Gasteiger partial charge in [-0.15, -0.1) is 0 Å². The highest BCUT2D eigenvalue weighted by Crippen LogP contribution is 2.24. The highest BCUT2D eigenvalue weighted by Gasteiger charge is 2.06. The molecule has 0 aliphatic rings. The van der Waals surface area contributed by atoms with Crippen LogP contribution in [-0.2, 0) is 6.61 Å². The molecule has 0 saturated carbocycles. The van der Waals surface area contributed by atoms with Gasteiger partial charge < -0.3 is 10.1 Å². The summed E-state index contributed by atoms with van der Waals surface area (Å²) in [6.07, 6.45) is 1.35. The molecule has 0 saturated heterocycles. The summed E-state index contributed by atoms with van der Waals surface area (Å²) >= 11 is 0. The van der Waals surface area contributed by atoms with Crippen molar-refractivity contribution < 1.29 is 9.50 Å². The van der Waals surface area contributed by atoms with Crippen LogP contribution in [0.25, 0.3) is 22.0 Å². The molecule has 0 unspecified atom stereocenters. The van der Waals surface area contributed by atoms with Crippen molar-refractivity contribution in [3.63, 3.8) is 0 Å². The van der Waals surface area contributed by atoms with Crippen molar-refractivity contribution in [1.82, 2.24) is 9.97 Å². The molecule has 0 spiro atoms. The molecule has 2 aromatic carbocycles. The second-order valence-corrected chi connectivity index (χ2v) is 4.43. The van der Waals surface area contributed by atoms with Crippen LogP contribution >= 0.6 is 0 Å². The molecule has 0 aliphatic heterocycles. The van der Waals surface area contributed by atoms with Crippen LogP contribution in [0.3, 0.4) is 0 Å². The fraction of sp³-hybridized carbons (Fsp3) is 0.0667. The molecule has 0 bridgehead atoms. The number of aliphatic hydroxyl groups excluding tert-OH is 1. The number of halogens is 1. The zero-order valence-corrected chi connectivity index (χ0v) is 10.4. The van der Waals surface area contributed by atoms with Crippen LogP contribution in [0.15, 0.2) is 47.5 Å². The molecule has 3 rings (SSSR count). The molecule has 2 N–H and O–H groups in total. The van der Waals surface area contributed by atoms with E-state index >= 15 is 0 Å². The van der Waals surface area contributed by atoms with Gasteiger partial charge in [0.25, 0.3) is 5.56 Å². The van der Waals surface area contributed by atoms with E-state index in [0.29, 0.717) is 10.9 Å². The Kier molecular flexibility index (Phi) is 3.04. The van der Waals surface area contributed by atoms with E-state index in [9.17, 15) is 9.18 Å². The molecule has 1 heterocycles. The van der Waals surface area contributed by atoms with E-state index < -0.39 is 5.82 Å². The van der Waals surface area contributed by atoms with Crippen molar-refractivity contribution in [1.29, 1.82) is 0 Å². The van der Waals surface area contributed by atoms with E-state index in [-0.39, 0.29) is 17.7 Å². The SMILES string of the molecule is O=c1[nH]cnc2ccc(-c3ccc(F)c(CO)c3)cc12. The van der Waals surface area contributed by atoms with Crippen molar-refractivity contribution in [2.75, 3.05) is 0 Å². The van der Waals surface area contributed by atoms with Gasteiger partial charge >= 0.3 is 0 Å². The normalized spacial score (nSPS) is 10.9. The molecular weight excluding hydrogens is 259 g/mol. The molecule has 1 aromatic heterocycles. The maximum atomic E-state index is 13.4. The third-order valence-corrected chi connectivity index (χ3v) is 3.19. The van der Waals surface area contributed by atoms with Crippen LogP contribution in [0.5, 0.6) is 0 Å². The minimum atomic E-state index is -0.448. The minimum absolute atomic E-state index is 0.221. The fourth-order valence-corrected chi connectivity index (χ4v) is 2.12. The maximum Gasteiger partial charge on any atom is 0.258 e. The summed E-state index contributed by atoms with van der Waals surface area (Å²) in [6.45, 7) is -0.366. The van der Waals surface area contributed by atoms with Crippen LogP contribution in [0, 0.1) is 5.82 Å². The van der Waals surface area contributed by atoms with Crippen molar-refractivity contribution in [3.05, 3.63) is 64.5 Å². The standard InChI is InChI=1S/C15H11FN2O2/c16-13-3-1-9(5-11(13)7-19)10-2-4-14-12(6-10)15(20)18-8-17-14/h1-6,8,19H,7H2,(H,17,18,20). The van der Waals surface area contributed by atoms with Crippen molar-refractivity contribution in [2.24, 2.45) is 0 Å². The van der Waals surface area contributed by atoms with E-state index in [1.807, 2.05) is 6.07 Å². The lowest BCUT2D eigenvalue weighted by Crippen LogP contribution is -2.06. The molecule has 0 atom stereocenters. The molecule has 4 nitrogen and oxygen atoms in total. The third kappa shape index (κ3) is 2.08. The minimum Gasteiger partial charge on any atom is -0.392 e. The first-order chi connectivity index (χ1) is 9.69. The Labute approximate surface area is 113 Å². The van der Waals surface area contributed by atoms with E-state index in [2.05, 4.69) is 9.97 Å². The lowest BCUT2D eigenvalue weighted by atomic mass is 10.0. The summed E-state index contributed by atoms with van der Waals surface area (Å²) in [5.41, 5.74) is 2.11. The predicted molar refractivity (Wildman–Crippen MR) is 73.7 cm³/mol. The highest BCUT2D eigenvalue weighted by atomic mass is 19.1. The van der Waals surface area contributed by atoms with Crippen LogP contribution < -0.4 is 5.56 Å². The molecule has 0 aliphatic carbocycles. The Morgan fingerprint density at radius 3 is 2.70 bits per heavy atom. The van der Waals surface area contributed by atoms with Gasteiger partial charge in [-0.3, -0.25) is 4.79 Å². The molecule has 3 aromatic rings. The number of hydrogen-bond acceptors (Lipinski definition) is 3. The first kappa shape index (κ1) is 12.5. The number of fused-ring (bicyclic) bond motifs is 1. The van der Waals surface area contributed by atoms with Crippen LogP contribution in [-0.4, -0.2) is 15.1 Å². The van der Waals surface area contributed by atoms with E-state index in [1.165, 1.54) is 12.4 Å². The zero-order chi connectivity index (χ0) is 14.1. The summed E-state index contributed by atoms with van der Waals surface area (Å²) in [7, 11) is 0. The molecule has 5 heteroatoms. The number of H-pyrrole nitrogens is 1. The van der Waals surface area contributed by atoms with Gasteiger partial charge in [-0.25, -0.2) is 9.37 Å². The molecule has 0 amide bonds. The first-order valence-corrected chi connectivity index (χ1v) is 6.06. The Hall–Kier alpha value is -2.53. The topological polar surface area (TPSA) is 66.0 Å². The quantitative estimate of drug-likeness (QED) is 0.750. The number of benzene rings is 2. The number of aliphatic hydroxyl groups is 1. The van der Waals surface area contributed by atoms with E-state index in [1.54, 1.807) is 24.3 Å². The predicted octanol–water partition coefficient (Wildman–Crippen LogP) is 2.22. The summed E-state index contributed by atoms with van der Waals surface area (Å²) < 4.78 is 13.4. The van der Waals surface area contributed by atoms with E-state index in [4.69, 9.17) is 5.11 Å². The number of nitrogens with zero attached hydrogens (tertiary/aromatic N) is 1. The molecule has 0 radical (unpaired) electrons. The van der Waals surface area contributed by atoms with Gasteiger partial charge in [-0.2, -0.15) is 0 Å². The second kappa shape index (κ2) is 4.86. The molecule has 100 valence electrons. The van der Waals surface area contributed by atoms with Gasteiger partial charge in [0.05, 0.1) is 23.8 Å². The highest BCUT2D eigenvalue weighted by molar-refractivity contribution is 5.83. The van der Waals surface area contributed by atoms with Gasteiger partial charge in [0.2, 0.25) is 0 Å². The summed E-state index contributed by atoms with van der Waals surface area (Å²) in [4.78, 5) is 18.3. The fourth-order valence-electron chi connectivity index (χ4n) is 2.12. The van der Waals surface area contributed by atoms with Crippen molar-refractivity contribution in [3.8, 4) is 11.1 Å². The third-order valence-electron chi connectivity index (χ3n) is 3.19. The number of nitrogens with one attached hydrogen (secondary N) is 1. The van der Waals surface area contributed by atoms with Gasteiger partial charge in [0.15, 0.2) is 0 Å². The summed E-state index contributed by atoms with van der Waals surface area (Å²) in [5, 5.41) is 9.57. The summed E-state index contributed by atoms with van der Waals surface area (Å²) in [5.74, 6) is -0.448. The average Bonchev–Trinajstić information content (AvgIpc) is 2.48. The molecule has 0 fully saturated rings. The number of rotatable bonds is 2. The van der Waals surface area contributed by atoms with Crippen LogP contribution in [0.4, 0.5) is 4.39 Å². The molecular formula is C15H11FN2O2. The Morgan fingerprint density at radius 2 is 1.90 bits per heavy atom. The lowest BCUT2D eigenvalue weighted by molar-refractivity contribution is 0.276. The first-order valence-electron chi connectivity index (χ1n) is 6.06. The van der Waals surface area contributed by atoms with Gasteiger partial charge in [-0.1, -0.05) is 12.1 Å². The van der Waals surface area contributed by atoms with Crippen molar-refractivity contribution >= 4 is 10.9 Å². The maximum absolute atomic E-state index is 13.4. The monoisotopic (exact) mass is 270 g/mol.